The third-order valence-electron chi connectivity index (χ3n) is 5.36. The number of hydrogen-bond acceptors (Lipinski definition) is 5. The molecule has 3 unspecified atom stereocenters. The molecule has 3 atom stereocenters. The first-order valence-corrected chi connectivity index (χ1v) is 10.3. The Kier molecular flexibility index (Phi) is 7.82. The highest BCUT2D eigenvalue weighted by Gasteiger charge is 2.24. The van der Waals surface area contributed by atoms with Gasteiger partial charge in [0.1, 0.15) is 11.5 Å². The number of aliphatic hydroxyl groups is 1. The molecule has 3 aromatic rings. The van der Waals surface area contributed by atoms with E-state index in [1.54, 1.807) is 26.4 Å². The normalized spacial score (nSPS) is 13.8. The Balaban J connectivity index is 1.84. The molecule has 0 saturated carbocycles. The molecule has 162 valence electrons. The number of nitrogens with one attached hydrogen (secondary N) is 1. The molecule has 0 fully saturated rings. The lowest BCUT2D eigenvalue weighted by Gasteiger charge is -2.27. The van der Waals surface area contributed by atoms with Crippen LogP contribution in [0.1, 0.15) is 47.0 Å². The van der Waals surface area contributed by atoms with Gasteiger partial charge in [0, 0.05) is 24.1 Å². The molecule has 0 bridgehead atoms. The van der Waals surface area contributed by atoms with Gasteiger partial charge in [0.2, 0.25) is 0 Å². The molecule has 3 aromatic carbocycles. The summed E-state index contributed by atoms with van der Waals surface area (Å²) < 4.78 is 10.6. The summed E-state index contributed by atoms with van der Waals surface area (Å²) in [5.74, 6) is 1.35. The Morgan fingerprint density at radius 2 is 1.48 bits per heavy atom. The van der Waals surface area contributed by atoms with Gasteiger partial charge < -0.3 is 19.9 Å². The first kappa shape index (κ1) is 22.5. The Bertz CT molecular complexity index is 989. The molecule has 31 heavy (non-hydrogen) atoms. The van der Waals surface area contributed by atoms with Crippen molar-refractivity contribution >= 4 is 5.78 Å². The smallest absolute Gasteiger partial charge is 0.164 e. The molecule has 0 heterocycles. The fourth-order valence-corrected chi connectivity index (χ4v) is 3.58. The van der Waals surface area contributed by atoms with Crippen LogP contribution < -0.4 is 14.8 Å². The number of ether oxygens (including phenoxy) is 2. The van der Waals surface area contributed by atoms with Crippen molar-refractivity contribution in [1.82, 2.24) is 5.32 Å². The van der Waals surface area contributed by atoms with Crippen LogP contribution in [-0.2, 0) is 0 Å². The van der Waals surface area contributed by atoms with Gasteiger partial charge in [-0.3, -0.25) is 4.79 Å². The SMILES string of the molecule is COc1cccc(C(=O)CC(NC(C)C(O)c2ccccc2)c2cccc(OC)c2)c1. The van der Waals surface area contributed by atoms with Crippen molar-refractivity contribution in [2.24, 2.45) is 0 Å². The third kappa shape index (κ3) is 5.94. The summed E-state index contributed by atoms with van der Waals surface area (Å²) >= 11 is 0. The van der Waals surface area contributed by atoms with E-state index in [0.29, 0.717) is 11.3 Å². The zero-order chi connectivity index (χ0) is 22.2. The van der Waals surface area contributed by atoms with Crippen molar-refractivity contribution in [1.29, 1.82) is 0 Å². The summed E-state index contributed by atoms with van der Waals surface area (Å²) in [6.45, 7) is 1.92. The van der Waals surface area contributed by atoms with Crippen molar-refractivity contribution in [2.45, 2.75) is 31.5 Å². The maximum atomic E-state index is 13.1. The maximum Gasteiger partial charge on any atom is 0.164 e. The molecular weight excluding hydrogens is 390 g/mol. The number of benzene rings is 3. The number of carbonyl (C=O) groups excluding carboxylic acids is 1. The number of rotatable bonds is 10. The average molecular weight is 420 g/mol. The molecule has 2 N–H and O–H groups in total. The first-order valence-electron chi connectivity index (χ1n) is 10.3. The zero-order valence-corrected chi connectivity index (χ0v) is 18.1. The largest absolute Gasteiger partial charge is 0.497 e. The van der Waals surface area contributed by atoms with Gasteiger partial charge in [-0.2, -0.15) is 0 Å². The Labute approximate surface area is 183 Å². The zero-order valence-electron chi connectivity index (χ0n) is 18.1. The van der Waals surface area contributed by atoms with Crippen LogP contribution in [0.25, 0.3) is 0 Å². The molecule has 0 aliphatic carbocycles. The van der Waals surface area contributed by atoms with Crippen LogP contribution in [0.4, 0.5) is 0 Å². The molecule has 0 aliphatic heterocycles. The standard InChI is InChI=1S/C26H29NO4/c1-18(26(29)19-9-5-4-6-10-19)27-24(20-11-7-13-22(15-20)30-2)17-25(28)21-12-8-14-23(16-21)31-3/h4-16,18,24,26-27,29H,17H2,1-3H3. The maximum absolute atomic E-state index is 13.1. The van der Waals surface area contributed by atoms with Crippen molar-refractivity contribution in [2.75, 3.05) is 14.2 Å². The predicted octanol–water partition coefficient (Wildman–Crippen LogP) is 4.73. The molecule has 0 amide bonds. The molecule has 5 nitrogen and oxygen atoms in total. The summed E-state index contributed by atoms with van der Waals surface area (Å²) in [7, 11) is 3.20. The van der Waals surface area contributed by atoms with E-state index in [9.17, 15) is 9.90 Å². The number of hydrogen-bond donors (Lipinski definition) is 2. The highest BCUT2D eigenvalue weighted by Crippen LogP contribution is 2.27. The van der Waals surface area contributed by atoms with E-state index in [4.69, 9.17) is 9.47 Å². The molecule has 0 saturated heterocycles. The Hall–Kier alpha value is -3.15. The second-order valence-corrected chi connectivity index (χ2v) is 7.50. The first-order chi connectivity index (χ1) is 15.0. The van der Waals surface area contributed by atoms with Crippen molar-refractivity contribution in [3.8, 4) is 11.5 Å². The van der Waals surface area contributed by atoms with Crippen LogP contribution in [0.3, 0.4) is 0 Å². The number of Topliss-reactive ketones (excluding diaryl/α,β-unsaturated/α-hetero) is 1. The number of aliphatic hydroxyl groups excluding tert-OH is 1. The van der Waals surface area contributed by atoms with Gasteiger partial charge >= 0.3 is 0 Å². The lowest BCUT2D eigenvalue weighted by atomic mass is 9.95. The summed E-state index contributed by atoms with van der Waals surface area (Å²) in [4.78, 5) is 13.1. The van der Waals surface area contributed by atoms with E-state index in [1.165, 1.54) is 0 Å². The molecule has 0 aromatic heterocycles. The average Bonchev–Trinajstić information content (AvgIpc) is 2.83. The molecular formula is C26H29NO4. The van der Waals surface area contributed by atoms with Gasteiger partial charge in [0.15, 0.2) is 5.78 Å². The second kappa shape index (κ2) is 10.8. The van der Waals surface area contributed by atoms with Gasteiger partial charge in [-0.15, -0.1) is 0 Å². The monoisotopic (exact) mass is 419 g/mol. The topological polar surface area (TPSA) is 67.8 Å². The Morgan fingerprint density at radius 3 is 2.16 bits per heavy atom. The van der Waals surface area contributed by atoms with Crippen LogP contribution in [0.5, 0.6) is 11.5 Å². The second-order valence-electron chi connectivity index (χ2n) is 7.50. The fourth-order valence-electron chi connectivity index (χ4n) is 3.58. The van der Waals surface area contributed by atoms with E-state index in [-0.39, 0.29) is 24.3 Å². The predicted molar refractivity (Wildman–Crippen MR) is 122 cm³/mol. The molecule has 3 rings (SSSR count). The van der Waals surface area contributed by atoms with Crippen LogP contribution in [0.2, 0.25) is 0 Å². The van der Waals surface area contributed by atoms with E-state index in [0.717, 1.165) is 16.9 Å². The van der Waals surface area contributed by atoms with Crippen molar-refractivity contribution in [3.63, 3.8) is 0 Å². The lowest BCUT2D eigenvalue weighted by Crippen LogP contribution is -2.36. The minimum absolute atomic E-state index is 0.0133. The van der Waals surface area contributed by atoms with Crippen LogP contribution >= 0.6 is 0 Å². The molecule has 0 spiro atoms. The van der Waals surface area contributed by atoms with Crippen LogP contribution in [-0.4, -0.2) is 31.2 Å². The van der Waals surface area contributed by atoms with Crippen LogP contribution in [0, 0.1) is 0 Å². The summed E-state index contributed by atoms with van der Waals surface area (Å²) in [5.41, 5.74) is 2.33. The van der Waals surface area contributed by atoms with Gasteiger partial charge in [-0.05, 0) is 42.3 Å². The summed E-state index contributed by atoms with van der Waals surface area (Å²) in [6.07, 6.45) is -0.479. The Morgan fingerprint density at radius 1 is 0.871 bits per heavy atom. The van der Waals surface area contributed by atoms with Gasteiger partial charge in [-0.25, -0.2) is 0 Å². The minimum Gasteiger partial charge on any atom is -0.497 e. The molecule has 0 aliphatic rings. The van der Waals surface area contributed by atoms with E-state index in [2.05, 4.69) is 5.32 Å². The van der Waals surface area contributed by atoms with E-state index in [1.807, 2.05) is 73.7 Å². The molecule has 0 radical (unpaired) electrons. The van der Waals surface area contributed by atoms with E-state index < -0.39 is 6.10 Å². The summed E-state index contributed by atoms with van der Waals surface area (Å²) in [6, 6.07) is 23.7. The van der Waals surface area contributed by atoms with Gasteiger partial charge in [0.25, 0.3) is 0 Å². The lowest BCUT2D eigenvalue weighted by molar-refractivity contribution is 0.0944. The van der Waals surface area contributed by atoms with Gasteiger partial charge in [0.05, 0.1) is 20.3 Å². The van der Waals surface area contributed by atoms with Crippen molar-refractivity contribution in [3.05, 3.63) is 95.6 Å². The van der Waals surface area contributed by atoms with E-state index >= 15 is 0 Å². The van der Waals surface area contributed by atoms with Crippen molar-refractivity contribution < 1.29 is 19.4 Å². The third-order valence-corrected chi connectivity index (χ3v) is 5.36. The number of ketones is 1. The highest BCUT2D eigenvalue weighted by atomic mass is 16.5. The number of carbonyl (C=O) groups is 1. The summed E-state index contributed by atoms with van der Waals surface area (Å²) in [5, 5.41) is 14.3. The highest BCUT2D eigenvalue weighted by molar-refractivity contribution is 5.96. The fraction of sp³-hybridized carbons (Fsp3) is 0.269. The number of methoxy groups -OCH3 is 2. The van der Waals surface area contributed by atoms with Crippen LogP contribution in [0.15, 0.2) is 78.9 Å². The minimum atomic E-state index is -0.707. The van der Waals surface area contributed by atoms with Gasteiger partial charge in [-0.1, -0.05) is 54.6 Å². The molecule has 5 heteroatoms. The quantitative estimate of drug-likeness (QED) is 0.465.